The van der Waals surface area contributed by atoms with Crippen molar-refractivity contribution in [3.05, 3.63) is 59.8 Å². The number of nitriles is 1. The van der Waals surface area contributed by atoms with Crippen molar-refractivity contribution in [3.63, 3.8) is 0 Å². The Kier molecular flexibility index (Phi) is 4.48. The van der Waals surface area contributed by atoms with Gasteiger partial charge in [0.05, 0.1) is 31.0 Å². The minimum atomic E-state index is 0.515. The zero-order valence-corrected chi connectivity index (χ0v) is 13.5. The number of hydrogen-bond donors (Lipinski definition) is 1. The molecule has 0 aliphatic heterocycles. The van der Waals surface area contributed by atoms with E-state index in [1.165, 1.54) is 0 Å². The fourth-order valence-corrected chi connectivity index (χ4v) is 2.51. The standard InChI is InChI=1S/C19H17N3O2/c1-23-15-5-3-13(4-6-15)11-22-19-14(10-20)12-21-18-9-16(24-2)7-8-17(18)19/h3-9,12H,11H2,1-2H3,(H,21,22). The Bertz CT molecular complexity index is 899. The summed E-state index contributed by atoms with van der Waals surface area (Å²) in [5.74, 6) is 1.55. The van der Waals surface area contributed by atoms with Gasteiger partial charge in [0, 0.05) is 24.2 Å². The van der Waals surface area contributed by atoms with Gasteiger partial charge in [0.1, 0.15) is 17.6 Å². The summed E-state index contributed by atoms with van der Waals surface area (Å²) in [6.07, 6.45) is 1.58. The van der Waals surface area contributed by atoms with Gasteiger partial charge < -0.3 is 14.8 Å². The van der Waals surface area contributed by atoms with Crippen LogP contribution in [0.4, 0.5) is 5.69 Å². The average molecular weight is 319 g/mol. The van der Waals surface area contributed by atoms with E-state index in [0.29, 0.717) is 12.1 Å². The topological polar surface area (TPSA) is 67.2 Å². The minimum absolute atomic E-state index is 0.515. The molecule has 5 heteroatoms. The summed E-state index contributed by atoms with van der Waals surface area (Å²) in [5, 5.41) is 13.6. The molecule has 1 aromatic heterocycles. The SMILES string of the molecule is COc1ccc(CNc2c(C#N)cnc3cc(OC)ccc23)cc1. The number of pyridine rings is 1. The van der Waals surface area contributed by atoms with E-state index in [9.17, 15) is 5.26 Å². The van der Waals surface area contributed by atoms with E-state index in [2.05, 4.69) is 16.4 Å². The van der Waals surface area contributed by atoms with Gasteiger partial charge in [0.15, 0.2) is 0 Å². The van der Waals surface area contributed by atoms with Crippen LogP contribution in [0.2, 0.25) is 0 Å². The number of nitrogens with zero attached hydrogens (tertiary/aromatic N) is 2. The highest BCUT2D eigenvalue weighted by Gasteiger charge is 2.09. The van der Waals surface area contributed by atoms with Crippen molar-refractivity contribution in [1.29, 1.82) is 5.26 Å². The first-order valence-electron chi connectivity index (χ1n) is 7.49. The van der Waals surface area contributed by atoms with E-state index in [1.807, 2.05) is 42.5 Å². The molecule has 0 fully saturated rings. The average Bonchev–Trinajstić information content (AvgIpc) is 2.65. The Morgan fingerprint density at radius 2 is 1.75 bits per heavy atom. The lowest BCUT2D eigenvalue weighted by Crippen LogP contribution is -2.03. The fourth-order valence-electron chi connectivity index (χ4n) is 2.51. The van der Waals surface area contributed by atoms with Crippen LogP contribution < -0.4 is 14.8 Å². The second-order valence-corrected chi connectivity index (χ2v) is 5.24. The van der Waals surface area contributed by atoms with Gasteiger partial charge in [0.2, 0.25) is 0 Å². The molecule has 2 aromatic carbocycles. The van der Waals surface area contributed by atoms with E-state index in [0.717, 1.165) is 33.7 Å². The molecule has 0 saturated carbocycles. The third kappa shape index (κ3) is 3.08. The van der Waals surface area contributed by atoms with Crippen molar-refractivity contribution in [2.75, 3.05) is 19.5 Å². The van der Waals surface area contributed by atoms with Crippen molar-refractivity contribution in [2.45, 2.75) is 6.54 Å². The molecule has 24 heavy (non-hydrogen) atoms. The number of methoxy groups -OCH3 is 2. The van der Waals surface area contributed by atoms with Crippen LogP contribution in [0, 0.1) is 11.3 Å². The molecule has 120 valence electrons. The minimum Gasteiger partial charge on any atom is -0.497 e. The number of rotatable bonds is 5. The van der Waals surface area contributed by atoms with Gasteiger partial charge in [-0.15, -0.1) is 0 Å². The fraction of sp³-hybridized carbons (Fsp3) is 0.158. The number of benzene rings is 2. The number of hydrogen-bond acceptors (Lipinski definition) is 5. The molecule has 1 N–H and O–H groups in total. The largest absolute Gasteiger partial charge is 0.497 e. The van der Waals surface area contributed by atoms with Crippen LogP contribution in [0.3, 0.4) is 0 Å². The lowest BCUT2D eigenvalue weighted by atomic mass is 10.1. The van der Waals surface area contributed by atoms with E-state index >= 15 is 0 Å². The quantitative estimate of drug-likeness (QED) is 0.776. The molecule has 0 aliphatic carbocycles. The van der Waals surface area contributed by atoms with Gasteiger partial charge >= 0.3 is 0 Å². The highest BCUT2D eigenvalue weighted by Crippen LogP contribution is 2.29. The van der Waals surface area contributed by atoms with Crippen molar-refractivity contribution < 1.29 is 9.47 Å². The highest BCUT2D eigenvalue weighted by molar-refractivity contribution is 5.94. The number of ether oxygens (including phenoxy) is 2. The number of anilines is 1. The van der Waals surface area contributed by atoms with Crippen LogP contribution in [0.5, 0.6) is 11.5 Å². The van der Waals surface area contributed by atoms with Gasteiger partial charge in [-0.25, -0.2) is 0 Å². The van der Waals surface area contributed by atoms with Crippen LogP contribution in [0.25, 0.3) is 10.9 Å². The molecule has 1 heterocycles. The predicted molar refractivity (Wildman–Crippen MR) is 93.3 cm³/mol. The predicted octanol–water partition coefficient (Wildman–Crippen LogP) is 3.74. The van der Waals surface area contributed by atoms with E-state index < -0.39 is 0 Å². The molecule has 5 nitrogen and oxygen atoms in total. The Morgan fingerprint density at radius 1 is 1.04 bits per heavy atom. The van der Waals surface area contributed by atoms with Crippen molar-refractivity contribution in [2.24, 2.45) is 0 Å². The lowest BCUT2D eigenvalue weighted by molar-refractivity contribution is 0.414. The Hall–Kier alpha value is -3.26. The first-order valence-corrected chi connectivity index (χ1v) is 7.49. The van der Waals surface area contributed by atoms with Gasteiger partial charge in [0.25, 0.3) is 0 Å². The molecule has 3 rings (SSSR count). The first kappa shape index (κ1) is 15.6. The van der Waals surface area contributed by atoms with Gasteiger partial charge in [-0.1, -0.05) is 12.1 Å². The van der Waals surface area contributed by atoms with Crippen LogP contribution in [0.1, 0.15) is 11.1 Å². The van der Waals surface area contributed by atoms with Crippen LogP contribution >= 0.6 is 0 Å². The summed E-state index contributed by atoms with van der Waals surface area (Å²) < 4.78 is 10.4. The van der Waals surface area contributed by atoms with E-state index in [4.69, 9.17) is 9.47 Å². The number of fused-ring (bicyclic) bond motifs is 1. The first-order chi connectivity index (χ1) is 11.7. The molecule has 0 spiro atoms. The van der Waals surface area contributed by atoms with Gasteiger partial charge in [-0.2, -0.15) is 5.26 Å². The third-order valence-electron chi connectivity index (χ3n) is 3.83. The Balaban J connectivity index is 1.93. The maximum Gasteiger partial charge on any atom is 0.121 e. The summed E-state index contributed by atoms with van der Waals surface area (Å²) >= 11 is 0. The highest BCUT2D eigenvalue weighted by atomic mass is 16.5. The maximum atomic E-state index is 9.37. The van der Waals surface area contributed by atoms with Crippen LogP contribution in [-0.2, 0) is 6.54 Å². The Labute approximate surface area is 140 Å². The smallest absolute Gasteiger partial charge is 0.121 e. The molecule has 0 aliphatic rings. The number of nitrogens with one attached hydrogen (secondary N) is 1. The Morgan fingerprint density at radius 3 is 2.42 bits per heavy atom. The number of aromatic nitrogens is 1. The van der Waals surface area contributed by atoms with Crippen molar-refractivity contribution >= 4 is 16.6 Å². The molecule has 3 aromatic rings. The summed E-state index contributed by atoms with van der Waals surface area (Å²) in [6, 6.07) is 15.6. The lowest BCUT2D eigenvalue weighted by Gasteiger charge is -2.12. The molecule has 0 radical (unpaired) electrons. The molecule has 0 unspecified atom stereocenters. The van der Waals surface area contributed by atoms with Crippen LogP contribution in [-0.4, -0.2) is 19.2 Å². The second kappa shape index (κ2) is 6.88. The molecule has 0 atom stereocenters. The molecule has 0 bridgehead atoms. The second-order valence-electron chi connectivity index (χ2n) is 5.24. The zero-order valence-electron chi connectivity index (χ0n) is 13.5. The van der Waals surface area contributed by atoms with Crippen molar-refractivity contribution in [3.8, 4) is 17.6 Å². The van der Waals surface area contributed by atoms with Crippen LogP contribution in [0.15, 0.2) is 48.7 Å². The summed E-state index contributed by atoms with van der Waals surface area (Å²) in [5.41, 5.74) is 3.17. The summed E-state index contributed by atoms with van der Waals surface area (Å²) in [4.78, 5) is 4.34. The summed E-state index contributed by atoms with van der Waals surface area (Å²) in [6.45, 7) is 0.601. The van der Waals surface area contributed by atoms with E-state index in [-0.39, 0.29) is 0 Å². The monoisotopic (exact) mass is 319 g/mol. The molecular weight excluding hydrogens is 302 g/mol. The summed E-state index contributed by atoms with van der Waals surface area (Å²) in [7, 11) is 3.26. The van der Waals surface area contributed by atoms with Crippen molar-refractivity contribution in [1.82, 2.24) is 4.98 Å². The molecular formula is C19H17N3O2. The molecule has 0 saturated heterocycles. The molecule has 0 amide bonds. The normalized spacial score (nSPS) is 10.2. The van der Waals surface area contributed by atoms with E-state index in [1.54, 1.807) is 20.4 Å². The zero-order chi connectivity index (χ0) is 16.9. The van der Waals surface area contributed by atoms with Gasteiger partial charge in [-0.05, 0) is 29.8 Å². The van der Waals surface area contributed by atoms with Gasteiger partial charge in [-0.3, -0.25) is 4.98 Å². The third-order valence-corrected chi connectivity index (χ3v) is 3.83. The maximum absolute atomic E-state index is 9.37.